The number of halogens is 4. The summed E-state index contributed by atoms with van der Waals surface area (Å²) in [5.41, 5.74) is -1.53. The zero-order chi connectivity index (χ0) is 28.3. The third kappa shape index (κ3) is 4.89. The Kier molecular flexibility index (Phi) is 7.36. The second-order valence-corrected chi connectivity index (χ2v) is 13.0. The Bertz CT molecular complexity index is 1310. The van der Waals surface area contributed by atoms with E-state index in [0.29, 0.717) is 32.1 Å². The van der Waals surface area contributed by atoms with Crippen LogP contribution in [-0.4, -0.2) is 35.0 Å². The molecule has 210 valence electrons. The maximum Gasteiger partial charge on any atom is 0.237 e. The molecule has 3 N–H and O–H groups in total. The Morgan fingerprint density at radius 1 is 1.10 bits per heavy atom. The molecule has 2 aromatic rings. The van der Waals surface area contributed by atoms with Crippen LogP contribution >= 0.6 is 11.6 Å². The molecule has 0 unspecified atom stereocenters. The van der Waals surface area contributed by atoms with Crippen LogP contribution in [0.25, 0.3) is 0 Å². The predicted octanol–water partition coefficient (Wildman–Crippen LogP) is 6.02. The van der Waals surface area contributed by atoms with E-state index in [1.807, 2.05) is 20.8 Å². The second-order valence-electron chi connectivity index (χ2n) is 12.6. The molecule has 9 heteroatoms. The summed E-state index contributed by atoms with van der Waals surface area (Å²) in [6.07, 6.45) is 2.84. The Morgan fingerprint density at radius 2 is 1.77 bits per heavy atom. The van der Waals surface area contributed by atoms with Crippen molar-refractivity contribution in [2.45, 2.75) is 88.8 Å². The van der Waals surface area contributed by atoms with Gasteiger partial charge >= 0.3 is 0 Å². The summed E-state index contributed by atoms with van der Waals surface area (Å²) in [5, 5.41) is 15.9. The topological polar surface area (TPSA) is 78.4 Å². The summed E-state index contributed by atoms with van der Waals surface area (Å²) in [5.74, 6) is -4.70. The maximum absolute atomic E-state index is 15.8. The highest BCUT2D eigenvalue weighted by Gasteiger charge is 2.66. The van der Waals surface area contributed by atoms with E-state index in [0.717, 1.165) is 12.1 Å². The number of benzene rings is 2. The summed E-state index contributed by atoms with van der Waals surface area (Å²) in [6.45, 7) is 5.95. The lowest BCUT2D eigenvalue weighted by atomic mass is 9.62. The molecule has 2 fully saturated rings. The molecular weight excluding hydrogens is 529 g/mol. The second kappa shape index (κ2) is 10.2. The van der Waals surface area contributed by atoms with E-state index < -0.39 is 46.8 Å². The molecule has 2 aliphatic heterocycles. The molecule has 1 amide bonds. The van der Waals surface area contributed by atoms with Gasteiger partial charge in [-0.15, -0.1) is 0 Å². The van der Waals surface area contributed by atoms with Gasteiger partial charge in [0.15, 0.2) is 17.4 Å². The van der Waals surface area contributed by atoms with Gasteiger partial charge in [0.25, 0.3) is 0 Å². The zero-order valence-corrected chi connectivity index (χ0v) is 23.0. The van der Waals surface area contributed by atoms with Crippen LogP contribution in [0.2, 0.25) is 5.02 Å². The Morgan fingerprint density at radius 3 is 2.44 bits per heavy atom. The van der Waals surface area contributed by atoms with E-state index in [4.69, 9.17) is 11.6 Å². The molecule has 4 atom stereocenters. The molecule has 5 rings (SSSR count). The number of carbonyl (C=O) groups is 2. The van der Waals surface area contributed by atoms with Crippen LogP contribution in [0.1, 0.15) is 76.3 Å². The van der Waals surface area contributed by atoms with E-state index in [-0.39, 0.29) is 51.5 Å². The Hall–Kier alpha value is -2.42. The van der Waals surface area contributed by atoms with Gasteiger partial charge < -0.3 is 15.7 Å². The molecular formula is C30H34ClF3N2O3. The minimum Gasteiger partial charge on any atom is -0.393 e. The van der Waals surface area contributed by atoms with Gasteiger partial charge in [-0.2, -0.15) is 0 Å². The van der Waals surface area contributed by atoms with Crippen LogP contribution in [-0.2, 0) is 15.0 Å². The van der Waals surface area contributed by atoms with E-state index in [9.17, 15) is 23.5 Å². The molecule has 39 heavy (non-hydrogen) atoms. The van der Waals surface area contributed by atoms with E-state index >= 15 is 4.39 Å². The molecule has 0 radical (unpaired) electrons. The first-order chi connectivity index (χ1) is 18.3. The summed E-state index contributed by atoms with van der Waals surface area (Å²) < 4.78 is 44.8. The summed E-state index contributed by atoms with van der Waals surface area (Å²) >= 11 is 6.20. The lowest BCUT2D eigenvalue weighted by Crippen LogP contribution is -2.49. The van der Waals surface area contributed by atoms with Crippen LogP contribution < -0.4 is 10.6 Å². The number of rotatable bonds is 5. The van der Waals surface area contributed by atoms with Gasteiger partial charge in [0.1, 0.15) is 11.2 Å². The quantitative estimate of drug-likeness (QED) is 0.416. The smallest absolute Gasteiger partial charge is 0.237 e. The SMILES string of the molecule is CC(C)(C)C[C@H]1N[C@@H](C(=O)CC2CCC(O)CC2)[C@H](c2cccc(Cl)c2F)[C@@]12C(=O)Nc1cc(F)c(F)cc12. The van der Waals surface area contributed by atoms with Crippen molar-refractivity contribution in [3.8, 4) is 0 Å². The molecule has 0 bridgehead atoms. The number of nitrogens with one attached hydrogen (secondary N) is 2. The molecule has 1 spiro atoms. The molecule has 2 heterocycles. The van der Waals surface area contributed by atoms with E-state index in [1.165, 1.54) is 12.1 Å². The van der Waals surface area contributed by atoms with E-state index in [2.05, 4.69) is 10.6 Å². The fraction of sp³-hybridized carbons (Fsp3) is 0.533. The number of anilines is 1. The average Bonchev–Trinajstić information content (AvgIpc) is 3.32. The monoisotopic (exact) mass is 562 g/mol. The van der Waals surface area contributed by atoms with Crippen molar-refractivity contribution in [3.63, 3.8) is 0 Å². The first-order valence-electron chi connectivity index (χ1n) is 13.5. The summed E-state index contributed by atoms with van der Waals surface area (Å²) in [6, 6.07) is 4.76. The maximum atomic E-state index is 15.8. The van der Waals surface area contributed by atoms with Gasteiger partial charge in [-0.25, -0.2) is 13.2 Å². The zero-order valence-electron chi connectivity index (χ0n) is 22.3. The molecule has 5 nitrogen and oxygen atoms in total. The minimum absolute atomic E-state index is 0.0569. The largest absolute Gasteiger partial charge is 0.393 e. The van der Waals surface area contributed by atoms with Gasteiger partial charge in [0.2, 0.25) is 5.91 Å². The van der Waals surface area contributed by atoms with Gasteiger partial charge in [-0.1, -0.05) is 44.5 Å². The molecule has 0 aromatic heterocycles. The molecule has 2 aromatic carbocycles. The number of hydrogen-bond donors (Lipinski definition) is 3. The number of fused-ring (bicyclic) bond motifs is 2. The summed E-state index contributed by atoms with van der Waals surface area (Å²) in [4.78, 5) is 28.1. The van der Waals surface area contributed by atoms with Gasteiger partial charge in [-0.05, 0) is 66.7 Å². The third-order valence-electron chi connectivity index (χ3n) is 8.67. The number of carbonyl (C=O) groups excluding carboxylic acids is 2. The van der Waals surface area contributed by atoms with Gasteiger partial charge in [-0.3, -0.25) is 9.59 Å². The van der Waals surface area contributed by atoms with Crippen LogP contribution in [0.5, 0.6) is 0 Å². The fourth-order valence-corrected chi connectivity index (χ4v) is 7.16. The van der Waals surface area contributed by atoms with Gasteiger partial charge in [0, 0.05) is 30.1 Å². The lowest BCUT2D eigenvalue weighted by Gasteiger charge is -2.38. The van der Waals surface area contributed by atoms with Gasteiger partial charge in [0.05, 0.1) is 17.2 Å². The molecule has 3 aliphatic rings. The van der Waals surface area contributed by atoms with Crippen molar-refractivity contribution in [1.82, 2.24) is 5.32 Å². The van der Waals surface area contributed by atoms with Crippen molar-refractivity contribution in [2.75, 3.05) is 5.32 Å². The van der Waals surface area contributed by atoms with Crippen molar-refractivity contribution in [3.05, 3.63) is 63.9 Å². The highest BCUT2D eigenvalue weighted by molar-refractivity contribution is 6.30. The highest BCUT2D eigenvalue weighted by atomic mass is 35.5. The van der Waals surface area contributed by atoms with E-state index in [1.54, 1.807) is 6.07 Å². The minimum atomic E-state index is -1.59. The first kappa shape index (κ1) is 28.1. The normalized spacial score (nSPS) is 30.5. The number of hydrogen-bond acceptors (Lipinski definition) is 4. The van der Waals surface area contributed by atoms with Crippen LogP contribution in [0.15, 0.2) is 30.3 Å². The standard InChI is InChI=1S/C30H34ClF3N2O3/c1-29(2,3)14-24-30(18-12-20(32)21(33)13-22(18)35-28(30)39)25(17-5-4-6-19(31)26(17)34)27(36-24)23(38)11-15-7-9-16(37)10-8-15/h4-6,12-13,15-16,24-25,27,36-37H,7-11,14H2,1-3H3,(H,35,39)/t15?,16?,24-,25+,27+,30+/m1/s1. The summed E-state index contributed by atoms with van der Waals surface area (Å²) in [7, 11) is 0. The van der Waals surface area contributed by atoms with Crippen molar-refractivity contribution >= 4 is 29.0 Å². The lowest BCUT2D eigenvalue weighted by molar-refractivity contribution is -0.123. The van der Waals surface area contributed by atoms with Crippen LogP contribution in [0.3, 0.4) is 0 Å². The third-order valence-corrected chi connectivity index (χ3v) is 8.96. The highest BCUT2D eigenvalue weighted by Crippen LogP contribution is 2.57. The number of aliphatic hydroxyl groups excluding tert-OH is 1. The predicted molar refractivity (Wildman–Crippen MR) is 143 cm³/mol. The number of Topliss-reactive ketones (excluding diaryl/α,β-unsaturated/α-hetero) is 1. The van der Waals surface area contributed by atoms with Crippen molar-refractivity contribution in [2.24, 2.45) is 11.3 Å². The number of aliphatic hydroxyl groups is 1. The Labute approximate surface area is 231 Å². The molecule has 1 aliphatic carbocycles. The van der Waals surface area contributed by atoms with Crippen molar-refractivity contribution < 1.29 is 27.9 Å². The van der Waals surface area contributed by atoms with Crippen LogP contribution in [0, 0.1) is 28.8 Å². The molecule has 1 saturated heterocycles. The van der Waals surface area contributed by atoms with Crippen LogP contribution in [0.4, 0.5) is 18.9 Å². The molecule has 1 saturated carbocycles. The number of amides is 1. The first-order valence-corrected chi connectivity index (χ1v) is 13.9. The van der Waals surface area contributed by atoms with Crippen molar-refractivity contribution in [1.29, 1.82) is 0 Å². The number of ketones is 1. The average molecular weight is 563 g/mol. The Balaban J connectivity index is 1.69. The fourth-order valence-electron chi connectivity index (χ4n) is 6.98.